The maximum atomic E-state index is 12.4. The largest absolute Gasteiger partial charge is 0.452 e. The fraction of sp³-hybridized carbons (Fsp3) is 0.222. The van der Waals surface area contributed by atoms with Crippen LogP contribution >= 0.6 is 15.9 Å². The van der Waals surface area contributed by atoms with Gasteiger partial charge in [-0.2, -0.15) is 0 Å². The van der Waals surface area contributed by atoms with E-state index >= 15 is 0 Å². The van der Waals surface area contributed by atoms with Crippen molar-refractivity contribution in [3.63, 3.8) is 0 Å². The molecule has 1 aliphatic rings. The molecule has 0 spiro atoms. The van der Waals surface area contributed by atoms with Crippen LogP contribution in [0.15, 0.2) is 53.0 Å². The van der Waals surface area contributed by atoms with Gasteiger partial charge in [0.1, 0.15) is 0 Å². The number of ether oxygens (including phenoxy) is 1. The molecule has 5 heteroatoms. The molecule has 23 heavy (non-hydrogen) atoms. The minimum atomic E-state index is -0.494. The first-order valence-electron chi connectivity index (χ1n) is 7.39. The van der Waals surface area contributed by atoms with Crippen molar-refractivity contribution in [2.75, 3.05) is 11.5 Å². The minimum absolute atomic E-state index is 0.0753. The summed E-state index contributed by atoms with van der Waals surface area (Å²) in [6.07, 6.45) is 0.822. The maximum Gasteiger partial charge on any atom is 0.338 e. The normalized spacial score (nSPS) is 16.1. The molecule has 0 bridgehead atoms. The quantitative estimate of drug-likeness (QED) is 0.772. The van der Waals surface area contributed by atoms with E-state index < -0.39 is 5.97 Å². The number of carbonyl (C=O) groups is 2. The molecule has 1 unspecified atom stereocenters. The first-order chi connectivity index (χ1) is 11.1. The van der Waals surface area contributed by atoms with Gasteiger partial charge in [-0.05, 0) is 49.2 Å². The van der Waals surface area contributed by atoms with Crippen LogP contribution in [-0.4, -0.2) is 24.5 Å². The average molecular weight is 374 g/mol. The molecular weight excluding hydrogens is 358 g/mol. The second kappa shape index (κ2) is 6.54. The van der Waals surface area contributed by atoms with Gasteiger partial charge in [0.05, 0.1) is 5.56 Å². The minimum Gasteiger partial charge on any atom is -0.452 e. The zero-order valence-electron chi connectivity index (χ0n) is 12.7. The first kappa shape index (κ1) is 15.7. The molecule has 1 aliphatic heterocycles. The zero-order chi connectivity index (χ0) is 16.4. The number of rotatable bonds is 3. The molecule has 0 saturated carbocycles. The number of benzene rings is 2. The van der Waals surface area contributed by atoms with Gasteiger partial charge in [-0.1, -0.05) is 34.1 Å². The van der Waals surface area contributed by atoms with E-state index in [9.17, 15) is 9.59 Å². The smallest absolute Gasteiger partial charge is 0.338 e. The van der Waals surface area contributed by atoms with Gasteiger partial charge in [-0.3, -0.25) is 4.79 Å². The summed E-state index contributed by atoms with van der Waals surface area (Å²) in [7, 11) is 0. The highest BCUT2D eigenvalue weighted by Crippen LogP contribution is 2.31. The molecule has 2 aromatic carbocycles. The van der Waals surface area contributed by atoms with Crippen LogP contribution < -0.4 is 4.90 Å². The number of amides is 1. The van der Waals surface area contributed by atoms with Gasteiger partial charge in [-0.25, -0.2) is 4.79 Å². The van der Waals surface area contributed by atoms with Crippen molar-refractivity contribution in [2.24, 2.45) is 0 Å². The van der Waals surface area contributed by atoms with Gasteiger partial charge in [-0.15, -0.1) is 0 Å². The summed E-state index contributed by atoms with van der Waals surface area (Å²) in [5.74, 6) is -0.695. The van der Waals surface area contributed by atoms with Crippen LogP contribution in [-0.2, 0) is 16.0 Å². The Kier molecular flexibility index (Phi) is 4.48. The molecular formula is C18H16BrNO3. The lowest BCUT2D eigenvalue weighted by atomic mass is 10.1. The predicted octanol–water partition coefficient (Wildman–Crippen LogP) is 3.58. The zero-order valence-corrected chi connectivity index (χ0v) is 14.2. The molecule has 1 heterocycles. The predicted molar refractivity (Wildman–Crippen MR) is 91.5 cm³/mol. The average Bonchev–Trinajstić information content (AvgIpc) is 2.88. The molecule has 1 atom stereocenters. The van der Waals surface area contributed by atoms with Gasteiger partial charge in [0, 0.05) is 16.2 Å². The summed E-state index contributed by atoms with van der Waals surface area (Å²) in [5.41, 5.74) is 2.48. The number of esters is 1. The number of nitrogens with zero attached hydrogens (tertiary/aromatic N) is 1. The maximum absolute atomic E-state index is 12.4. The van der Waals surface area contributed by atoms with E-state index in [0.717, 1.165) is 22.1 Å². The Labute approximate surface area is 143 Å². The van der Waals surface area contributed by atoms with E-state index in [1.165, 1.54) is 0 Å². The summed E-state index contributed by atoms with van der Waals surface area (Å²) >= 11 is 3.31. The van der Waals surface area contributed by atoms with Crippen molar-refractivity contribution >= 4 is 33.5 Å². The van der Waals surface area contributed by atoms with Crippen LogP contribution in [0.4, 0.5) is 5.69 Å². The third kappa shape index (κ3) is 3.29. The van der Waals surface area contributed by atoms with Gasteiger partial charge < -0.3 is 9.64 Å². The second-order valence-electron chi connectivity index (χ2n) is 5.53. The lowest BCUT2D eigenvalue weighted by Crippen LogP contribution is -2.38. The molecule has 0 saturated heterocycles. The third-order valence-corrected chi connectivity index (χ3v) is 4.41. The number of anilines is 1. The summed E-state index contributed by atoms with van der Waals surface area (Å²) in [5, 5.41) is 0. The van der Waals surface area contributed by atoms with Crippen molar-refractivity contribution in [2.45, 2.75) is 19.4 Å². The van der Waals surface area contributed by atoms with Crippen LogP contribution in [0.1, 0.15) is 22.8 Å². The fourth-order valence-electron chi connectivity index (χ4n) is 2.81. The monoisotopic (exact) mass is 373 g/mol. The lowest BCUT2D eigenvalue weighted by molar-refractivity contribution is -0.122. The van der Waals surface area contributed by atoms with Crippen LogP contribution in [0.5, 0.6) is 0 Å². The Balaban J connectivity index is 1.66. The number of para-hydroxylation sites is 1. The molecule has 4 nitrogen and oxygen atoms in total. The molecule has 0 aromatic heterocycles. The standard InChI is InChI=1S/C18H16BrNO3/c1-12-10-14-4-2-3-5-16(14)20(12)17(21)11-23-18(22)13-6-8-15(19)9-7-13/h2-9,12H,10-11H2,1H3. The third-order valence-electron chi connectivity index (χ3n) is 3.88. The Morgan fingerprint density at radius 3 is 2.61 bits per heavy atom. The number of fused-ring (bicyclic) bond motifs is 1. The van der Waals surface area contributed by atoms with Crippen LogP contribution in [0.25, 0.3) is 0 Å². The molecule has 3 rings (SSSR count). The van der Waals surface area contributed by atoms with Crippen molar-refractivity contribution < 1.29 is 14.3 Å². The SMILES string of the molecule is CC1Cc2ccccc2N1C(=O)COC(=O)c1ccc(Br)cc1. The van der Waals surface area contributed by atoms with Gasteiger partial charge in [0.15, 0.2) is 6.61 Å². The summed E-state index contributed by atoms with van der Waals surface area (Å²) in [4.78, 5) is 26.2. The van der Waals surface area contributed by atoms with E-state index in [-0.39, 0.29) is 18.6 Å². The molecule has 2 aromatic rings. The van der Waals surface area contributed by atoms with Crippen LogP contribution in [0.2, 0.25) is 0 Å². The lowest BCUT2D eigenvalue weighted by Gasteiger charge is -2.22. The number of halogens is 1. The molecule has 0 fully saturated rings. The summed E-state index contributed by atoms with van der Waals surface area (Å²) < 4.78 is 6.04. The summed E-state index contributed by atoms with van der Waals surface area (Å²) in [6.45, 7) is 1.74. The summed E-state index contributed by atoms with van der Waals surface area (Å²) in [6, 6.07) is 14.7. The fourth-order valence-corrected chi connectivity index (χ4v) is 3.08. The highest BCUT2D eigenvalue weighted by molar-refractivity contribution is 9.10. The highest BCUT2D eigenvalue weighted by atomic mass is 79.9. The van der Waals surface area contributed by atoms with E-state index in [1.54, 1.807) is 29.2 Å². The van der Waals surface area contributed by atoms with Gasteiger partial charge >= 0.3 is 5.97 Å². The Bertz CT molecular complexity index is 742. The van der Waals surface area contributed by atoms with Crippen molar-refractivity contribution in [3.8, 4) is 0 Å². The molecule has 0 aliphatic carbocycles. The Morgan fingerprint density at radius 1 is 1.17 bits per heavy atom. The van der Waals surface area contributed by atoms with E-state index in [4.69, 9.17) is 4.74 Å². The van der Waals surface area contributed by atoms with Crippen LogP contribution in [0.3, 0.4) is 0 Å². The van der Waals surface area contributed by atoms with E-state index in [0.29, 0.717) is 5.56 Å². The number of hydrogen-bond acceptors (Lipinski definition) is 3. The number of carbonyl (C=O) groups excluding carboxylic acids is 2. The Hall–Kier alpha value is -2.14. The molecule has 0 N–H and O–H groups in total. The van der Waals surface area contributed by atoms with Gasteiger partial charge in [0.2, 0.25) is 0 Å². The number of hydrogen-bond donors (Lipinski definition) is 0. The topological polar surface area (TPSA) is 46.6 Å². The van der Waals surface area contributed by atoms with Crippen molar-refractivity contribution in [1.82, 2.24) is 0 Å². The molecule has 0 radical (unpaired) electrons. The van der Waals surface area contributed by atoms with E-state index in [1.807, 2.05) is 31.2 Å². The highest BCUT2D eigenvalue weighted by Gasteiger charge is 2.30. The van der Waals surface area contributed by atoms with E-state index in [2.05, 4.69) is 15.9 Å². The molecule has 118 valence electrons. The van der Waals surface area contributed by atoms with Crippen molar-refractivity contribution in [3.05, 3.63) is 64.1 Å². The second-order valence-corrected chi connectivity index (χ2v) is 6.44. The molecule has 1 amide bonds. The van der Waals surface area contributed by atoms with Crippen LogP contribution in [0, 0.1) is 0 Å². The van der Waals surface area contributed by atoms with Crippen molar-refractivity contribution in [1.29, 1.82) is 0 Å². The van der Waals surface area contributed by atoms with Gasteiger partial charge in [0.25, 0.3) is 5.91 Å². The Morgan fingerprint density at radius 2 is 1.87 bits per heavy atom. The first-order valence-corrected chi connectivity index (χ1v) is 8.18.